The highest BCUT2D eigenvalue weighted by atomic mass is 15.2. The molecule has 56 heavy (non-hydrogen) atoms. The molecule has 0 bridgehead atoms. The standard InChI is InChI=1S/C55H37N/c1-2-18-37-36(17-1)47-31-35(56-50-27-8-7-21-40(50)44-25-10-15-34-16-12-28-51(56)53(34)44)29-30-45(47)54-43-23-6-4-20-39(43)49(32-48(37)54)55-42-22-5-3-19-38(42)41-24-9-13-33-14-11-26-46(55)52(33)41/h1-32,46,51-53,55H. The van der Waals surface area contributed by atoms with Crippen LogP contribution in [0.4, 0.5) is 11.4 Å². The first-order valence-electron chi connectivity index (χ1n) is 20.1. The number of nitrogens with zero attached hydrogens (tertiary/aromatic N) is 1. The van der Waals surface area contributed by atoms with Gasteiger partial charge in [0.05, 0.1) is 6.04 Å². The minimum absolute atomic E-state index is 0.200. The molecule has 5 aliphatic carbocycles. The average molecular weight is 712 g/mol. The summed E-state index contributed by atoms with van der Waals surface area (Å²) in [6, 6.07) is 46.6. The van der Waals surface area contributed by atoms with Crippen molar-refractivity contribution < 1.29 is 0 Å². The van der Waals surface area contributed by atoms with Crippen molar-refractivity contribution in [1.29, 1.82) is 0 Å². The molecular weight excluding hydrogens is 675 g/mol. The Morgan fingerprint density at radius 2 is 1.05 bits per heavy atom. The van der Waals surface area contributed by atoms with Crippen LogP contribution in [0.5, 0.6) is 0 Å². The first kappa shape index (κ1) is 30.6. The summed E-state index contributed by atoms with van der Waals surface area (Å²) < 4.78 is 0. The number of hydrogen-bond acceptors (Lipinski definition) is 1. The molecule has 1 nitrogen and oxygen atoms in total. The highest BCUT2D eigenvalue weighted by Crippen LogP contribution is 2.57. The molecule has 0 saturated carbocycles. The molecule has 0 N–H and O–H groups in total. The third-order valence-electron chi connectivity index (χ3n) is 13.7. The number of fused-ring (bicyclic) bond motifs is 12. The number of para-hydroxylation sites is 1. The van der Waals surface area contributed by atoms with Crippen molar-refractivity contribution in [2.45, 2.75) is 12.0 Å². The second-order valence-electron chi connectivity index (χ2n) is 16.3. The third kappa shape index (κ3) is 4.05. The molecule has 0 aromatic heterocycles. The van der Waals surface area contributed by atoms with E-state index in [0.717, 1.165) is 0 Å². The average Bonchev–Trinajstić information content (AvgIpc) is 3.26. The molecule has 0 fully saturated rings. The molecule has 262 valence electrons. The first-order valence-corrected chi connectivity index (χ1v) is 20.1. The summed E-state index contributed by atoms with van der Waals surface area (Å²) in [5.41, 5.74) is 13.8. The van der Waals surface area contributed by atoms with Crippen LogP contribution < -0.4 is 4.90 Å². The zero-order valence-electron chi connectivity index (χ0n) is 30.8. The molecule has 7 aromatic rings. The maximum absolute atomic E-state index is 2.60. The Kier molecular flexibility index (Phi) is 6.24. The second kappa shape index (κ2) is 11.4. The largest absolute Gasteiger partial charge is 0.333 e. The van der Waals surface area contributed by atoms with Gasteiger partial charge < -0.3 is 4.90 Å². The number of benzene rings is 7. The van der Waals surface area contributed by atoms with E-state index in [1.807, 2.05) is 0 Å². The highest BCUT2D eigenvalue weighted by Gasteiger charge is 2.43. The van der Waals surface area contributed by atoms with Crippen LogP contribution >= 0.6 is 0 Å². The Bertz CT molecular complexity index is 3170. The smallest absolute Gasteiger partial charge is 0.0635 e. The van der Waals surface area contributed by atoms with Gasteiger partial charge in [-0.3, -0.25) is 0 Å². The van der Waals surface area contributed by atoms with Crippen molar-refractivity contribution in [2.24, 2.45) is 17.8 Å². The van der Waals surface area contributed by atoms with Gasteiger partial charge >= 0.3 is 0 Å². The van der Waals surface area contributed by atoms with Gasteiger partial charge in [0, 0.05) is 34.7 Å². The number of rotatable bonds is 2. The van der Waals surface area contributed by atoms with Crippen molar-refractivity contribution in [3.8, 4) is 0 Å². The van der Waals surface area contributed by atoms with Crippen molar-refractivity contribution in [1.82, 2.24) is 0 Å². The molecule has 13 rings (SSSR count). The van der Waals surface area contributed by atoms with Gasteiger partial charge in [-0.15, -0.1) is 0 Å². The van der Waals surface area contributed by atoms with Crippen LogP contribution in [0, 0.1) is 17.8 Å². The Morgan fingerprint density at radius 3 is 1.89 bits per heavy atom. The lowest BCUT2D eigenvalue weighted by Gasteiger charge is -2.46. The Labute approximate surface area is 326 Å². The summed E-state index contributed by atoms with van der Waals surface area (Å²) in [6.45, 7) is 0. The molecule has 0 amide bonds. The van der Waals surface area contributed by atoms with Crippen LogP contribution in [-0.4, -0.2) is 6.04 Å². The maximum Gasteiger partial charge on any atom is 0.0635 e. The maximum atomic E-state index is 2.60. The lowest BCUT2D eigenvalue weighted by molar-refractivity contribution is 0.472. The van der Waals surface area contributed by atoms with Gasteiger partial charge in [0.1, 0.15) is 0 Å². The number of hydrogen-bond donors (Lipinski definition) is 0. The third-order valence-corrected chi connectivity index (χ3v) is 13.7. The van der Waals surface area contributed by atoms with Gasteiger partial charge in [0.15, 0.2) is 0 Å². The van der Waals surface area contributed by atoms with Crippen molar-refractivity contribution >= 4 is 65.6 Å². The molecule has 1 aliphatic heterocycles. The highest BCUT2D eigenvalue weighted by molar-refractivity contribution is 6.32. The summed E-state index contributed by atoms with van der Waals surface area (Å²) in [5.74, 6) is 1.22. The van der Waals surface area contributed by atoms with Gasteiger partial charge in [0.25, 0.3) is 0 Å². The summed E-state index contributed by atoms with van der Waals surface area (Å²) in [7, 11) is 0. The predicted octanol–water partition coefficient (Wildman–Crippen LogP) is 13.7. The van der Waals surface area contributed by atoms with Gasteiger partial charge in [-0.05, 0) is 112 Å². The molecule has 1 heterocycles. The van der Waals surface area contributed by atoms with Gasteiger partial charge in [-0.25, -0.2) is 0 Å². The Balaban J connectivity index is 1.07. The van der Waals surface area contributed by atoms with Crippen LogP contribution in [0.25, 0.3) is 54.2 Å². The van der Waals surface area contributed by atoms with E-state index in [2.05, 4.69) is 199 Å². The summed E-state index contributed by atoms with van der Waals surface area (Å²) in [5, 5.41) is 10.6. The van der Waals surface area contributed by atoms with E-state index in [1.54, 1.807) is 0 Å². The number of anilines is 2. The summed E-state index contributed by atoms with van der Waals surface area (Å²) in [6.07, 6.45) is 27.8. The normalized spacial score (nSPS) is 23.6. The van der Waals surface area contributed by atoms with E-state index >= 15 is 0 Å². The molecule has 7 aromatic carbocycles. The number of allylic oxidation sites excluding steroid dienone is 13. The second-order valence-corrected chi connectivity index (χ2v) is 16.3. The minimum Gasteiger partial charge on any atom is -0.333 e. The fourth-order valence-electron chi connectivity index (χ4n) is 11.5. The summed E-state index contributed by atoms with van der Waals surface area (Å²) >= 11 is 0. The van der Waals surface area contributed by atoms with Gasteiger partial charge in [-0.1, -0.05) is 170 Å². The molecule has 6 aliphatic rings. The Hall–Kier alpha value is -6.70. The fourth-order valence-corrected chi connectivity index (χ4v) is 11.5. The fraction of sp³-hybridized carbons (Fsp3) is 0.0909. The van der Waals surface area contributed by atoms with E-state index in [9.17, 15) is 0 Å². The lowest BCUT2D eigenvalue weighted by Crippen LogP contribution is -2.42. The van der Waals surface area contributed by atoms with Crippen LogP contribution in [0.2, 0.25) is 0 Å². The van der Waals surface area contributed by atoms with Gasteiger partial charge in [-0.2, -0.15) is 0 Å². The summed E-state index contributed by atoms with van der Waals surface area (Å²) in [4.78, 5) is 2.60. The monoisotopic (exact) mass is 711 g/mol. The van der Waals surface area contributed by atoms with Crippen LogP contribution in [0.3, 0.4) is 0 Å². The molecule has 5 atom stereocenters. The van der Waals surface area contributed by atoms with E-state index in [-0.39, 0.29) is 12.0 Å². The van der Waals surface area contributed by atoms with E-state index < -0.39 is 0 Å². The van der Waals surface area contributed by atoms with Gasteiger partial charge in [0.2, 0.25) is 0 Å². The predicted molar refractivity (Wildman–Crippen MR) is 236 cm³/mol. The zero-order chi connectivity index (χ0) is 36.5. The van der Waals surface area contributed by atoms with Crippen LogP contribution in [0.1, 0.15) is 28.2 Å². The molecule has 0 spiro atoms. The van der Waals surface area contributed by atoms with Crippen LogP contribution in [0.15, 0.2) is 205 Å². The van der Waals surface area contributed by atoms with Crippen molar-refractivity contribution in [2.75, 3.05) is 4.90 Å². The molecule has 0 saturated heterocycles. The van der Waals surface area contributed by atoms with E-state index in [1.165, 1.54) is 99.0 Å². The zero-order valence-corrected chi connectivity index (χ0v) is 30.8. The SMILES string of the molecule is C1=CC2=CC=CC3C2C(=C1)c1ccccc1C3c1cc2c3ccccc3c3cc(N4c5ccccc5C5=CC=CC6=CC=CC4C65)ccc3c2c2ccccc12. The molecule has 0 radical (unpaired) electrons. The van der Waals surface area contributed by atoms with E-state index in [0.29, 0.717) is 17.8 Å². The topological polar surface area (TPSA) is 3.24 Å². The van der Waals surface area contributed by atoms with Crippen molar-refractivity contribution in [3.63, 3.8) is 0 Å². The lowest BCUT2D eigenvalue weighted by atomic mass is 9.59. The van der Waals surface area contributed by atoms with Crippen molar-refractivity contribution in [3.05, 3.63) is 228 Å². The van der Waals surface area contributed by atoms with Crippen LogP contribution in [-0.2, 0) is 0 Å². The molecular formula is C55H37N. The Morgan fingerprint density at radius 1 is 0.411 bits per heavy atom. The molecule has 5 unspecified atom stereocenters. The first-order chi connectivity index (χ1) is 27.8. The quantitative estimate of drug-likeness (QED) is 0.161. The molecule has 1 heteroatoms. The van der Waals surface area contributed by atoms with E-state index in [4.69, 9.17) is 0 Å². The minimum atomic E-state index is 0.200.